The Morgan fingerprint density at radius 2 is 1.00 bits per heavy atom. The molecule has 0 saturated carbocycles. The average Bonchev–Trinajstić information content (AvgIpc) is 2.88. The van der Waals surface area contributed by atoms with Crippen LogP contribution in [-0.2, 0) is 0 Å². The van der Waals surface area contributed by atoms with Crippen LogP contribution in [0, 0.1) is 0 Å². The van der Waals surface area contributed by atoms with Gasteiger partial charge in [-0.15, -0.1) is 0 Å². The Morgan fingerprint density at radius 1 is 0.629 bits per heavy atom. The van der Waals surface area contributed by atoms with Crippen LogP contribution in [0.15, 0.2) is 72.8 Å². The summed E-state index contributed by atoms with van der Waals surface area (Å²) in [5.74, 6) is -0.0550. The van der Waals surface area contributed by atoms with Crippen molar-refractivity contribution < 1.29 is 19.1 Å². The zero-order valence-corrected chi connectivity index (χ0v) is 20.3. The molecule has 0 atom stereocenters. The first-order valence-corrected chi connectivity index (χ1v) is 12.3. The Hall–Kier alpha value is -3.86. The molecule has 4 rings (SSSR count). The second-order valence-electron chi connectivity index (χ2n) is 8.58. The zero-order chi connectivity index (χ0) is 24.6. The van der Waals surface area contributed by atoms with E-state index < -0.39 is 11.8 Å². The van der Waals surface area contributed by atoms with Gasteiger partial charge in [0.25, 0.3) is 11.8 Å². The van der Waals surface area contributed by atoms with Gasteiger partial charge in [-0.25, -0.2) is 0 Å². The Labute approximate surface area is 206 Å². The first-order chi connectivity index (χ1) is 17.1. The fourth-order valence-corrected chi connectivity index (χ4v) is 3.92. The third-order valence-corrected chi connectivity index (χ3v) is 5.92. The lowest BCUT2D eigenvalue weighted by Crippen LogP contribution is -2.31. The molecule has 0 aliphatic heterocycles. The predicted molar refractivity (Wildman–Crippen MR) is 140 cm³/mol. The lowest BCUT2D eigenvalue weighted by molar-refractivity contribution is 0.0845. The van der Waals surface area contributed by atoms with Crippen LogP contribution in [-0.4, -0.2) is 25.0 Å². The lowest BCUT2D eigenvalue weighted by atomic mass is 10.0. The average molecular weight is 470 g/mol. The van der Waals surface area contributed by atoms with E-state index in [2.05, 4.69) is 19.2 Å². The van der Waals surface area contributed by atoms with Crippen molar-refractivity contribution in [3.05, 3.63) is 83.9 Å². The maximum Gasteiger partial charge on any atom is 0.261 e. The standard InChI is InChI=1S/C30H31NO4/c1-3-5-15-34-27-19-23-13-9-7-11-21(23)17-25(27)29(32)31-30(33)26-18-22-12-8-10-14-24(22)20-28(26)35-16-6-4-2/h7-14,17-20H,3-6,15-16H2,1-2H3,(H,31,32,33). The van der Waals surface area contributed by atoms with Crippen molar-refractivity contribution in [2.75, 3.05) is 13.2 Å². The number of amides is 2. The van der Waals surface area contributed by atoms with Crippen molar-refractivity contribution in [2.45, 2.75) is 39.5 Å². The van der Waals surface area contributed by atoms with E-state index in [1.54, 1.807) is 12.1 Å². The van der Waals surface area contributed by atoms with Gasteiger partial charge >= 0.3 is 0 Å². The van der Waals surface area contributed by atoms with Gasteiger partial charge in [0.05, 0.1) is 24.3 Å². The molecule has 4 aromatic carbocycles. The van der Waals surface area contributed by atoms with Crippen LogP contribution in [0.1, 0.15) is 60.2 Å². The van der Waals surface area contributed by atoms with E-state index in [9.17, 15) is 9.59 Å². The summed E-state index contributed by atoms with van der Waals surface area (Å²) in [7, 11) is 0. The normalized spacial score (nSPS) is 10.9. The molecule has 0 bridgehead atoms. The summed E-state index contributed by atoms with van der Waals surface area (Å²) in [6, 6.07) is 22.8. The van der Waals surface area contributed by atoms with Gasteiger partial charge < -0.3 is 9.47 Å². The van der Waals surface area contributed by atoms with E-state index in [0.717, 1.165) is 47.2 Å². The van der Waals surface area contributed by atoms with Gasteiger partial charge in [-0.1, -0.05) is 75.2 Å². The number of ether oxygens (including phenoxy) is 2. The Kier molecular flexibility index (Phi) is 7.99. The van der Waals surface area contributed by atoms with Crippen molar-refractivity contribution in [1.82, 2.24) is 5.32 Å². The fourth-order valence-electron chi connectivity index (χ4n) is 3.92. The molecule has 0 spiro atoms. The van der Waals surface area contributed by atoms with Gasteiger partial charge in [-0.05, 0) is 58.7 Å². The van der Waals surface area contributed by atoms with Crippen molar-refractivity contribution in [1.29, 1.82) is 0 Å². The van der Waals surface area contributed by atoms with Crippen LogP contribution in [0.25, 0.3) is 21.5 Å². The van der Waals surface area contributed by atoms with Gasteiger partial charge in [-0.2, -0.15) is 0 Å². The Balaban J connectivity index is 1.65. The number of hydrogen-bond donors (Lipinski definition) is 1. The first kappa shape index (κ1) is 24.3. The molecule has 1 N–H and O–H groups in total. The molecule has 180 valence electrons. The minimum atomic E-state index is -0.500. The maximum atomic E-state index is 13.3. The molecule has 5 heteroatoms. The summed E-state index contributed by atoms with van der Waals surface area (Å²) in [6.07, 6.45) is 3.72. The van der Waals surface area contributed by atoms with Crippen molar-refractivity contribution in [3.63, 3.8) is 0 Å². The van der Waals surface area contributed by atoms with Crippen LogP contribution in [0.5, 0.6) is 11.5 Å². The molecular formula is C30H31NO4. The van der Waals surface area contributed by atoms with E-state index in [1.165, 1.54) is 0 Å². The third-order valence-electron chi connectivity index (χ3n) is 5.92. The summed E-state index contributed by atoms with van der Waals surface area (Å²) in [6.45, 7) is 5.17. The molecule has 0 aromatic heterocycles. The zero-order valence-electron chi connectivity index (χ0n) is 20.3. The number of rotatable bonds is 10. The van der Waals surface area contributed by atoms with Crippen LogP contribution in [0.3, 0.4) is 0 Å². The topological polar surface area (TPSA) is 64.6 Å². The molecule has 2 amide bonds. The van der Waals surface area contributed by atoms with Crippen LogP contribution in [0.4, 0.5) is 0 Å². The number of carbonyl (C=O) groups excluding carboxylic acids is 2. The molecule has 0 heterocycles. The number of benzene rings is 4. The van der Waals surface area contributed by atoms with E-state index >= 15 is 0 Å². The monoisotopic (exact) mass is 469 g/mol. The molecule has 4 aromatic rings. The van der Waals surface area contributed by atoms with Gasteiger partial charge in [-0.3, -0.25) is 14.9 Å². The highest BCUT2D eigenvalue weighted by Crippen LogP contribution is 2.29. The third kappa shape index (κ3) is 5.80. The highest BCUT2D eigenvalue weighted by atomic mass is 16.5. The summed E-state index contributed by atoms with van der Waals surface area (Å²) in [5.41, 5.74) is 0.671. The largest absolute Gasteiger partial charge is 0.493 e. The quantitative estimate of drug-likeness (QED) is 0.202. The molecule has 0 unspecified atom stereocenters. The minimum absolute atomic E-state index is 0.336. The SMILES string of the molecule is CCCCOc1cc2ccccc2cc1C(=O)NC(=O)c1cc2ccccc2cc1OCCCC. The highest BCUT2D eigenvalue weighted by Gasteiger charge is 2.21. The predicted octanol–water partition coefficient (Wildman–Crippen LogP) is 6.92. The molecule has 0 aliphatic carbocycles. The first-order valence-electron chi connectivity index (χ1n) is 12.3. The number of fused-ring (bicyclic) bond motifs is 2. The number of nitrogens with one attached hydrogen (secondary N) is 1. The Bertz CT molecular complexity index is 1240. The molecule has 35 heavy (non-hydrogen) atoms. The summed E-state index contributed by atoms with van der Waals surface area (Å²) in [5, 5.41) is 6.33. The van der Waals surface area contributed by atoms with E-state index in [4.69, 9.17) is 9.47 Å². The number of hydrogen-bond acceptors (Lipinski definition) is 4. The molecule has 0 aliphatic rings. The molecule has 0 fully saturated rings. The van der Waals surface area contributed by atoms with Gasteiger partial charge in [0.2, 0.25) is 0 Å². The fraction of sp³-hybridized carbons (Fsp3) is 0.267. The Morgan fingerprint density at radius 3 is 1.37 bits per heavy atom. The van der Waals surface area contributed by atoms with Crippen molar-refractivity contribution in [3.8, 4) is 11.5 Å². The molecule has 0 radical (unpaired) electrons. The van der Waals surface area contributed by atoms with Gasteiger partial charge in [0.1, 0.15) is 11.5 Å². The smallest absolute Gasteiger partial charge is 0.261 e. The van der Waals surface area contributed by atoms with Crippen LogP contribution >= 0.6 is 0 Å². The van der Waals surface area contributed by atoms with E-state index in [1.807, 2.05) is 60.7 Å². The summed E-state index contributed by atoms with van der Waals surface area (Å²) >= 11 is 0. The summed E-state index contributed by atoms with van der Waals surface area (Å²) < 4.78 is 11.9. The second-order valence-corrected chi connectivity index (χ2v) is 8.58. The highest BCUT2D eigenvalue weighted by molar-refractivity contribution is 6.14. The van der Waals surface area contributed by atoms with E-state index in [0.29, 0.717) is 35.8 Å². The lowest BCUT2D eigenvalue weighted by Gasteiger charge is -2.15. The van der Waals surface area contributed by atoms with Gasteiger partial charge in [0, 0.05) is 0 Å². The second kappa shape index (κ2) is 11.5. The maximum absolute atomic E-state index is 13.3. The molecule has 0 saturated heterocycles. The van der Waals surface area contributed by atoms with Crippen LogP contribution < -0.4 is 14.8 Å². The van der Waals surface area contributed by atoms with Gasteiger partial charge in [0.15, 0.2) is 0 Å². The van der Waals surface area contributed by atoms with Crippen LogP contribution in [0.2, 0.25) is 0 Å². The number of imide groups is 1. The van der Waals surface area contributed by atoms with Crippen molar-refractivity contribution in [2.24, 2.45) is 0 Å². The summed E-state index contributed by atoms with van der Waals surface area (Å²) in [4.78, 5) is 26.6. The van der Waals surface area contributed by atoms with E-state index in [-0.39, 0.29) is 0 Å². The minimum Gasteiger partial charge on any atom is -0.493 e. The number of carbonyl (C=O) groups is 2. The molecule has 5 nitrogen and oxygen atoms in total. The molecular weight excluding hydrogens is 438 g/mol. The van der Waals surface area contributed by atoms with Crippen molar-refractivity contribution >= 4 is 33.4 Å². The number of unbranched alkanes of at least 4 members (excludes halogenated alkanes) is 2.